The van der Waals surface area contributed by atoms with Gasteiger partial charge in [0.15, 0.2) is 0 Å². The molecule has 0 aromatic carbocycles. The van der Waals surface area contributed by atoms with Crippen molar-refractivity contribution in [3.8, 4) is 0 Å². The molecule has 0 saturated heterocycles. The van der Waals surface area contributed by atoms with Crippen molar-refractivity contribution < 1.29 is 0 Å². The van der Waals surface area contributed by atoms with Gasteiger partial charge >= 0.3 is 0 Å². The Bertz CT molecular complexity index is 180. The van der Waals surface area contributed by atoms with Crippen LogP contribution in [0.25, 0.3) is 0 Å². The van der Waals surface area contributed by atoms with Crippen molar-refractivity contribution in [2.75, 3.05) is 7.05 Å². The summed E-state index contributed by atoms with van der Waals surface area (Å²) in [5.74, 6) is 2.52. The molecule has 0 aromatic heterocycles. The molecule has 0 aliphatic heterocycles. The molecule has 64 valence electrons. The maximum atomic E-state index is 6.02. The first-order valence-corrected chi connectivity index (χ1v) is 4.54. The second-order valence-electron chi connectivity index (χ2n) is 4.50. The van der Waals surface area contributed by atoms with Crippen molar-refractivity contribution in [1.82, 2.24) is 5.32 Å². The van der Waals surface area contributed by atoms with Gasteiger partial charge in [0.25, 0.3) is 0 Å². The van der Waals surface area contributed by atoms with Gasteiger partial charge in [-0.05, 0) is 38.1 Å². The lowest BCUT2D eigenvalue weighted by Crippen LogP contribution is -2.43. The molecule has 0 heterocycles. The summed E-state index contributed by atoms with van der Waals surface area (Å²) in [7, 11) is 2.06. The fourth-order valence-electron chi connectivity index (χ4n) is 3.19. The highest BCUT2D eigenvalue weighted by atomic mass is 15.0. The molecule has 3 N–H and O–H groups in total. The molecule has 2 aliphatic carbocycles. The Morgan fingerprint density at radius 3 is 2.45 bits per heavy atom. The predicted octanol–water partition coefficient (Wildman–Crippen LogP) is 0.578. The van der Waals surface area contributed by atoms with Crippen molar-refractivity contribution in [1.29, 1.82) is 0 Å². The average Bonchev–Trinajstić information content (AvgIpc) is 2.53. The van der Waals surface area contributed by atoms with Crippen molar-refractivity contribution in [2.24, 2.45) is 23.5 Å². The van der Waals surface area contributed by atoms with Crippen LogP contribution in [0.3, 0.4) is 0 Å². The average molecular weight is 154 g/mol. The Morgan fingerprint density at radius 1 is 1.55 bits per heavy atom. The lowest BCUT2D eigenvalue weighted by Gasteiger charge is -2.27. The van der Waals surface area contributed by atoms with Gasteiger partial charge in [-0.15, -0.1) is 0 Å². The Balaban J connectivity index is 2.17. The van der Waals surface area contributed by atoms with Crippen LogP contribution in [0.1, 0.15) is 20.3 Å². The standard InChI is InChI=1S/C9H18N2/c1-5-7-6(10)4-9(2,11-3)8(5)7/h5-8,11H,4,10H2,1-3H3/t5?,6-,7?,8?,9+/m1/s1. The molecule has 2 heteroatoms. The molecule has 3 unspecified atom stereocenters. The topological polar surface area (TPSA) is 38.0 Å². The first kappa shape index (κ1) is 7.56. The Labute approximate surface area is 68.5 Å². The quantitative estimate of drug-likeness (QED) is 0.579. The van der Waals surface area contributed by atoms with Crippen LogP contribution in [-0.2, 0) is 0 Å². The fourth-order valence-corrected chi connectivity index (χ4v) is 3.19. The number of hydrogen-bond donors (Lipinski definition) is 2. The first-order chi connectivity index (χ1) is 5.10. The van der Waals surface area contributed by atoms with E-state index >= 15 is 0 Å². The minimum atomic E-state index is 0.337. The van der Waals surface area contributed by atoms with Gasteiger partial charge in [0.2, 0.25) is 0 Å². The molecular weight excluding hydrogens is 136 g/mol. The van der Waals surface area contributed by atoms with Crippen molar-refractivity contribution >= 4 is 0 Å². The number of rotatable bonds is 1. The van der Waals surface area contributed by atoms with E-state index in [1.807, 2.05) is 0 Å². The number of hydrogen-bond acceptors (Lipinski definition) is 2. The molecule has 0 bridgehead atoms. The van der Waals surface area contributed by atoms with Crippen molar-refractivity contribution in [3.05, 3.63) is 0 Å². The van der Waals surface area contributed by atoms with Gasteiger partial charge in [-0.1, -0.05) is 6.92 Å². The van der Waals surface area contributed by atoms with Crippen LogP contribution in [0.2, 0.25) is 0 Å². The Kier molecular flexibility index (Phi) is 1.37. The van der Waals surface area contributed by atoms with E-state index in [9.17, 15) is 0 Å². The molecule has 0 amide bonds. The van der Waals surface area contributed by atoms with Gasteiger partial charge in [0, 0.05) is 11.6 Å². The smallest absolute Gasteiger partial charge is 0.0199 e. The number of nitrogens with one attached hydrogen (secondary N) is 1. The summed E-state index contributed by atoms with van der Waals surface area (Å²) in [6.07, 6.45) is 1.16. The summed E-state index contributed by atoms with van der Waals surface area (Å²) in [4.78, 5) is 0. The van der Waals surface area contributed by atoms with E-state index in [0.29, 0.717) is 11.6 Å². The molecule has 2 fully saturated rings. The summed E-state index contributed by atoms with van der Waals surface area (Å²) in [5.41, 5.74) is 6.36. The van der Waals surface area contributed by atoms with Gasteiger partial charge in [-0.3, -0.25) is 0 Å². The molecule has 2 aliphatic rings. The molecule has 2 nitrogen and oxygen atoms in total. The highest BCUT2D eigenvalue weighted by molar-refractivity contribution is 5.18. The lowest BCUT2D eigenvalue weighted by molar-refractivity contribution is 0.317. The number of fused-ring (bicyclic) bond motifs is 1. The van der Waals surface area contributed by atoms with E-state index < -0.39 is 0 Å². The zero-order valence-corrected chi connectivity index (χ0v) is 7.59. The van der Waals surface area contributed by atoms with Crippen LogP contribution in [-0.4, -0.2) is 18.6 Å². The van der Waals surface area contributed by atoms with E-state index in [2.05, 4.69) is 26.2 Å². The van der Waals surface area contributed by atoms with E-state index in [0.717, 1.165) is 24.2 Å². The van der Waals surface area contributed by atoms with E-state index in [-0.39, 0.29) is 0 Å². The van der Waals surface area contributed by atoms with Crippen LogP contribution in [0.15, 0.2) is 0 Å². The summed E-state index contributed by atoms with van der Waals surface area (Å²) in [6, 6.07) is 0.451. The zero-order valence-electron chi connectivity index (χ0n) is 7.59. The van der Waals surface area contributed by atoms with Gasteiger partial charge in [0.05, 0.1) is 0 Å². The highest BCUT2D eigenvalue weighted by Gasteiger charge is 2.64. The summed E-state index contributed by atoms with van der Waals surface area (Å²) in [5, 5.41) is 3.41. The van der Waals surface area contributed by atoms with Crippen LogP contribution in [0.5, 0.6) is 0 Å². The SMILES string of the molecule is CN[C@@]1(C)C[C@@H](N)C2C(C)C21. The van der Waals surface area contributed by atoms with E-state index in [1.165, 1.54) is 0 Å². The fraction of sp³-hybridized carbons (Fsp3) is 1.00. The summed E-state index contributed by atoms with van der Waals surface area (Å²) < 4.78 is 0. The summed E-state index contributed by atoms with van der Waals surface area (Å²) >= 11 is 0. The lowest BCUT2D eigenvalue weighted by atomic mass is 9.92. The molecule has 0 radical (unpaired) electrons. The Hall–Kier alpha value is -0.0800. The highest BCUT2D eigenvalue weighted by Crippen LogP contribution is 2.60. The third-order valence-electron chi connectivity index (χ3n) is 3.91. The second kappa shape index (κ2) is 1.99. The number of nitrogens with two attached hydrogens (primary N) is 1. The van der Waals surface area contributed by atoms with Gasteiger partial charge in [-0.25, -0.2) is 0 Å². The third kappa shape index (κ3) is 0.798. The second-order valence-corrected chi connectivity index (χ2v) is 4.50. The molecular formula is C9H18N2. The first-order valence-electron chi connectivity index (χ1n) is 4.54. The van der Waals surface area contributed by atoms with Crippen LogP contribution < -0.4 is 11.1 Å². The summed E-state index contributed by atoms with van der Waals surface area (Å²) in [6.45, 7) is 4.63. The van der Waals surface area contributed by atoms with Gasteiger partial charge in [0.1, 0.15) is 0 Å². The van der Waals surface area contributed by atoms with Crippen LogP contribution in [0, 0.1) is 17.8 Å². The van der Waals surface area contributed by atoms with Crippen LogP contribution >= 0.6 is 0 Å². The molecule has 0 spiro atoms. The molecule has 2 saturated carbocycles. The maximum absolute atomic E-state index is 6.02. The van der Waals surface area contributed by atoms with Gasteiger partial charge in [-0.2, -0.15) is 0 Å². The minimum Gasteiger partial charge on any atom is -0.327 e. The Morgan fingerprint density at radius 2 is 2.18 bits per heavy atom. The minimum absolute atomic E-state index is 0.337. The molecule has 11 heavy (non-hydrogen) atoms. The van der Waals surface area contributed by atoms with Gasteiger partial charge < -0.3 is 11.1 Å². The van der Waals surface area contributed by atoms with E-state index in [4.69, 9.17) is 5.73 Å². The zero-order chi connectivity index (χ0) is 8.22. The maximum Gasteiger partial charge on any atom is 0.0199 e. The molecule has 5 atom stereocenters. The normalized spacial score (nSPS) is 61.1. The monoisotopic (exact) mass is 154 g/mol. The molecule has 2 rings (SSSR count). The van der Waals surface area contributed by atoms with Crippen molar-refractivity contribution in [3.63, 3.8) is 0 Å². The van der Waals surface area contributed by atoms with E-state index in [1.54, 1.807) is 0 Å². The van der Waals surface area contributed by atoms with Crippen molar-refractivity contribution in [2.45, 2.75) is 31.8 Å². The largest absolute Gasteiger partial charge is 0.327 e. The third-order valence-corrected chi connectivity index (χ3v) is 3.91. The molecule has 0 aromatic rings. The predicted molar refractivity (Wildman–Crippen MR) is 46.2 cm³/mol. The van der Waals surface area contributed by atoms with Crippen LogP contribution in [0.4, 0.5) is 0 Å².